The second-order valence-corrected chi connectivity index (χ2v) is 7.15. The molecule has 0 spiro atoms. The summed E-state index contributed by atoms with van der Waals surface area (Å²) in [4.78, 5) is 1.32. The molecule has 100 valence electrons. The Balaban J connectivity index is 2.10. The van der Waals surface area contributed by atoms with Crippen molar-refractivity contribution >= 4 is 23.4 Å². The third-order valence-electron chi connectivity index (χ3n) is 3.27. The first-order valence-corrected chi connectivity index (χ1v) is 7.65. The van der Waals surface area contributed by atoms with Crippen molar-refractivity contribution in [2.24, 2.45) is 5.41 Å². The fourth-order valence-electron chi connectivity index (χ4n) is 2.03. The molecule has 18 heavy (non-hydrogen) atoms. The Morgan fingerprint density at radius 2 is 2.28 bits per heavy atom. The second kappa shape index (κ2) is 5.83. The number of benzene rings is 1. The van der Waals surface area contributed by atoms with E-state index >= 15 is 0 Å². The summed E-state index contributed by atoms with van der Waals surface area (Å²) in [5, 5.41) is 13.7. The third kappa shape index (κ3) is 3.41. The quantitative estimate of drug-likeness (QED) is 0.888. The average molecular weight is 286 g/mol. The van der Waals surface area contributed by atoms with Gasteiger partial charge in [0.2, 0.25) is 0 Å². The van der Waals surface area contributed by atoms with E-state index in [0.29, 0.717) is 6.04 Å². The fourth-order valence-corrected chi connectivity index (χ4v) is 3.32. The van der Waals surface area contributed by atoms with Gasteiger partial charge in [-0.05, 0) is 35.9 Å². The Bertz CT molecular complexity index is 422. The molecule has 1 unspecified atom stereocenters. The molecular weight excluding hydrogens is 266 g/mol. The van der Waals surface area contributed by atoms with Gasteiger partial charge in [0.05, 0.1) is 0 Å². The summed E-state index contributed by atoms with van der Waals surface area (Å²) in [6.07, 6.45) is 1.11. The summed E-state index contributed by atoms with van der Waals surface area (Å²) in [6, 6.07) is 6.47. The van der Waals surface area contributed by atoms with E-state index in [1.165, 1.54) is 10.5 Å². The molecule has 2 N–H and O–H groups in total. The number of hydrogen-bond acceptors (Lipinski definition) is 3. The van der Waals surface area contributed by atoms with Gasteiger partial charge >= 0.3 is 0 Å². The van der Waals surface area contributed by atoms with Crippen molar-refractivity contribution in [2.75, 3.05) is 18.9 Å². The monoisotopic (exact) mass is 285 g/mol. The van der Waals surface area contributed by atoms with Gasteiger partial charge in [0, 0.05) is 34.5 Å². The van der Waals surface area contributed by atoms with E-state index in [1.807, 2.05) is 17.8 Å². The normalized spacial score (nSPS) is 19.7. The van der Waals surface area contributed by atoms with Gasteiger partial charge in [-0.25, -0.2) is 0 Å². The number of aliphatic hydroxyl groups is 1. The predicted octanol–water partition coefficient (Wildman–Crippen LogP) is 3.49. The first-order valence-electron chi connectivity index (χ1n) is 6.28. The highest BCUT2D eigenvalue weighted by molar-refractivity contribution is 7.99. The molecule has 1 aromatic rings. The molecule has 1 aliphatic rings. The van der Waals surface area contributed by atoms with Gasteiger partial charge in [-0.1, -0.05) is 25.4 Å². The Morgan fingerprint density at radius 1 is 1.50 bits per heavy atom. The summed E-state index contributed by atoms with van der Waals surface area (Å²) >= 11 is 7.97. The van der Waals surface area contributed by atoms with E-state index < -0.39 is 0 Å². The van der Waals surface area contributed by atoms with Crippen molar-refractivity contribution in [1.82, 2.24) is 5.32 Å². The van der Waals surface area contributed by atoms with E-state index in [0.717, 1.165) is 23.7 Å². The summed E-state index contributed by atoms with van der Waals surface area (Å²) in [5.41, 5.74) is 1.22. The Hall–Kier alpha value is -0.220. The molecule has 0 fully saturated rings. The minimum Gasteiger partial charge on any atom is -0.396 e. The smallest absolute Gasteiger partial charge is 0.0494 e. The van der Waals surface area contributed by atoms with Crippen molar-refractivity contribution < 1.29 is 5.11 Å². The van der Waals surface area contributed by atoms with Crippen LogP contribution in [0.4, 0.5) is 0 Å². The number of rotatable bonds is 4. The van der Waals surface area contributed by atoms with Gasteiger partial charge in [0.1, 0.15) is 0 Å². The summed E-state index contributed by atoms with van der Waals surface area (Å²) in [6.45, 7) is 5.14. The van der Waals surface area contributed by atoms with Crippen LogP contribution >= 0.6 is 23.4 Å². The largest absolute Gasteiger partial charge is 0.396 e. The highest BCUT2D eigenvalue weighted by Gasteiger charge is 2.23. The molecule has 1 atom stereocenters. The molecule has 2 rings (SSSR count). The van der Waals surface area contributed by atoms with Crippen LogP contribution in [0.3, 0.4) is 0 Å². The lowest BCUT2D eigenvalue weighted by molar-refractivity contribution is 0.152. The van der Waals surface area contributed by atoms with Crippen molar-refractivity contribution in [2.45, 2.75) is 31.2 Å². The first kappa shape index (κ1) is 14.2. The standard InChI is InChI=1S/C14H20ClNOS/c1-14(2,9-17)8-16-12-5-6-18-13-4-3-10(15)7-11(12)13/h3-4,7,12,16-17H,5-6,8-9H2,1-2H3. The number of fused-ring (bicyclic) bond motifs is 1. The molecular formula is C14H20ClNOS. The van der Waals surface area contributed by atoms with Crippen molar-refractivity contribution in [3.05, 3.63) is 28.8 Å². The van der Waals surface area contributed by atoms with Gasteiger partial charge in [-0.3, -0.25) is 0 Å². The van der Waals surface area contributed by atoms with Crippen LogP contribution in [0.5, 0.6) is 0 Å². The number of nitrogens with one attached hydrogen (secondary N) is 1. The fraction of sp³-hybridized carbons (Fsp3) is 0.571. The summed E-state index contributed by atoms with van der Waals surface area (Å²) in [5.74, 6) is 1.13. The molecule has 2 nitrogen and oxygen atoms in total. The minimum absolute atomic E-state index is 0.0800. The minimum atomic E-state index is -0.0800. The molecule has 0 aromatic heterocycles. The lowest BCUT2D eigenvalue weighted by Gasteiger charge is -2.30. The number of hydrogen-bond donors (Lipinski definition) is 2. The van der Waals surface area contributed by atoms with Crippen LogP contribution in [0, 0.1) is 5.41 Å². The molecule has 0 aliphatic carbocycles. The van der Waals surface area contributed by atoms with Gasteiger partial charge in [-0.15, -0.1) is 11.8 Å². The number of aliphatic hydroxyl groups excluding tert-OH is 1. The summed E-state index contributed by atoms with van der Waals surface area (Å²) < 4.78 is 0. The molecule has 1 aliphatic heterocycles. The van der Waals surface area contributed by atoms with Gasteiger partial charge in [0.25, 0.3) is 0 Å². The SMILES string of the molecule is CC(C)(CO)CNC1CCSc2ccc(Cl)cc21. The highest BCUT2D eigenvalue weighted by Crippen LogP contribution is 2.37. The maximum absolute atomic E-state index is 9.30. The molecule has 4 heteroatoms. The zero-order chi connectivity index (χ0) is 13.2. The van der Waals surface area contributed by atoms with E-state index in [-0.39, 0.29) is 12.0 Å². The molecule has 0 bridgehead atoms. The molecule has 1 heterocycles. The van der Waals surface area contributed by atoms with Crippen LogP contribution < -0.4 is 5.32 Å². The van der Waals surface area contributed by atoms with Crippen LogP contribution in [0.25, 0.3) is 0 Å². The van der Waals surface area contributed by atoms with Crippen LogP contribution in [0.15, 0.2) is 23.1 Å². The van der Waals surface area contributed by atoms with Gasteiger partial charge < -0.3 is 10.4 Å². The predicted molar refractivity (Wildman–Crippen MR) is 78.4 cm³/mol. The maximum Gasteiger partial charge on any atom is 0.0494 e. The second-order valence-electron chi connectivity index (χ2n) is 5.58. The van der Waals surface area contributed by atoms with Crippen LogP contribution in [0.2, 0.25) is 5.02 Å². The van der Waals surface area contributed by atoms with Crippen LogP contribution in [-0.4, -0.2) is 24.0 Å². The third-order valence-corrected chi connectivity index (χ3v) is 4.62. The van der Waals surface area contributed by atoms with E-state index in [2.05, 4.69) is 31.3 Å². The maximum atomic E-state index is 9.30. The van der Waals surface area contributed by atoms with Gasteiger partial charge in [-0.2, -0.15) is 0 Å². The van der Waals surface area contributed by atoms with E-state index in [1.54, 1.807) is 0 Å². The van der Waals surface area contributed by atoms with Crippen molar-refractivity contribution in [1.29, 1.82) is 0 Å². The van der Waals surface area contributed by atoms with E-state index in [4.69, 9.17) is 11.6 Å². The highest BCUT2D eigenvalue weighted by atomic mass is 35.5. The molecule has 0 saturated carbocycles. The van der Waals surface area contributed by atoms with E-state index in [9.17, 15) is 5.11 Å². The molecule has 0 radical (unpaired) electrons. The average Bonchev–Trinajstić information content (AvgIpc) is 2.36. The van der Waals surface area contributed by atoms with Crippen LogP contribution in [-0.2, 0) is 0 Å². The summed E-state index contributed by atoms with van der Waals surface area (Å²) in [7, 11) is 0. The van der Waals surface area contributed by atoms with Crippen LogP contribution in [0.1, 0.15) is 31.9 Å². The molecule has 0 saturated heterocycles. The topological polar surface area (TPSA) is 32.3 Å². The number of thioether (sulfide) groups is 1. The lowest BCUT2D eigenvalue weighted by atomic mass is 9.93. The number of halogens is 1. The van der Waals surface area contributed by atoms with Gasteiger partial charge in [0.15, 0.2) is 0 Å². The molecule has 1 aromatic carbocycles. The zero-order valence-corrected chi connectivity index (χ0v) is 12.4. The Kier molecular flexibility index (Phi) is 4.59. The van der Waals surface area contributed by atoms with Crippen molar-refractivity contribution in [3.63, 3.8) is 0 Å². The first-order chi connectivity index (χ1) is 8.52. The Labute approximate surface area is 118 Å². The molecule has 0 amide bonds. The lowest BCUT2D eigenvalue weighted by Crippen LogP contribution is -2.35. The Morgan fingerprint density at radius 3 is 3.00 bits per heavy atom. The zero-order valence-electron chi connectivity index (χ0n) is 10.9. The van der Waals surface area contributed by atoms with Crippen molar-refractivity contribution in [3.8, 4) is 0 Å².